The van der Waals surface area contributed by atoms with Crippen molar-refractivity contribution in [3.8, 4) is 0 Å². The Kier molecular flexibility index (Phi) is 2.02. The predicted octanol–water partition coefficient (Wildman–Crippen LogP) is 3.92. The smallest absolute Gasteiger partial charge is 0.0116 e. The van der Waals surface area contributed by atoms with E-state index in [0.717, 1.165) is 5.92 Å². The number of allylic oxidation sites excluding steroid dienone is 2. The van der Waals surface area contributed by atoms with Crippen molar-refractivity contribution >= 4 is 0 Å². The minimum Gasteiger partial charge on any atom is -0.0794 e. The van der Waals surface area contributed by atoms with Gasteiger partial charge < -0.3 is 0 Å². The van der Waals surface area contributed by atoms with E-state index in [-0.39, 0.29) is 0 Å². The number of rotatable bonds is 0. The fourth-order valence-electron chi connectivity index (χ4n) is 3.13. The van der Waals surface area contributed by atoms with Crippen molar-refractivity contribution in [1.82, 2.24) is 0 Å². The highest BCUT2D eigenvalue weighted by Gasteiger charge is 2.36. The van der Waals surface area contributed by atoms with Crippen LogP contribution in [0.4, 0.5) is 0 Å². The summed E-state index contributed by atoms with van der Waals surface area (Å²) in [5.74, 6) is 1.01. The van der Waals surface area contributed by atoms with Gasteiger partial charge in [0.15, 0.2) is 0 Å². The first kappa shape index (κ1) is 8.34. The summed E-state index contributed by atoms with van der Waals surface area (Å²) >= 11 is 0. The molecule has 0 aromatic rings. The third kappa shape index (κ3) is 1.32. The lowest BCUT2D eigenvalue weighted by atomic mass is 9.62. The van der Waals surface area contributed by atoms with Crippen molar-refractivity contribution in [2.24, 2.45) is 11.3 Å². The summed E-state index contributed by atoms with van der Waals surface area (Å²) in [6.07, 6.45) is 11.2. The SMILES string of the molecule is CC1=C[C@]2(C)CCCC[C@H]2CC1. The summed E-state index contributed by atoms with van der Waals surface area (Å²) < 4.78 is 0. The molecule has 0 aliphatic heterocycles. The van der Waals surface area contributed by atoms with Gasteiger partial charge in [-0.15, -0.1) is 0 Å². The molecule has 0 unspecified atom stereocenters. The van der Waals surface area contributed by atoms with Crippen LogP contribution in [0.25, 0.3) is 0 Å². The number of hydrogen-bond donors (Lipinski definition) is 0. The van der Waals surface area contributed by atoms with Gasteiger partial charge in [-0.05, 0) is 43.9 Å². The zero-order valence-electron chi connectivity index (χ0n) is 8.40. The van der Waals surface area contributed by atoms with Crippen LogP contribution >= 0.6 is 0 Å². The predicted molar refractivity (Wildman–Crippen MR) is 53.1 cm³/mol. The van der Waals surface area contributed by atoms with Gasteiger partial charge in [-0.2, -0.15) is 0 Å². The highest BCUT2D eigenvalue weighted by Crippen LogP contribution is 2.48. The first-order valence-corrected chi connectivity index (χ1v) is 5.39. The molecule has 2 rings (SSSR count). The third-order valence-electron chi connectivity index (χ3n) is 3.91. The van der Waals surface area contributed by atoms with Gasteiger partial charge in [0.25, 0.3) is 0 Å². The summed E-state index contributed by atoms with van der Waals surface area (Å²) in [5.41, 5.74) is 2.22. The van der Waals surface area contributed by atoms with Gasteiger partial charge in [0.05, 0.1) is 0 Å². The Morgan fingerprint density at radius 3 is 3.00 bits per heavy atom. The van der Waals surface area contributed by atoms with Crippen LogP contribution in [0.5, 0.6) is 0 Å². The first-order chi connectivity index (χ1) is 5.71. The van der Waals surface area contributed by atoms with E-state index in [0.29, 0.717) is 5.41 Å². The standard InChI is InChI=1S/C12H20/c1-10-6-7-11-5-3-4-8-12(11,2)9-10/h9,11H,3-8H2,1-2H3/t11-,12-/m0/s1. The molecule has 0 heterocycles. The molecule has 0 spiro atoms. The van der Waals surface area contributed by atoms with E-state index in [1.54, 1.807) is 5.57 Å². The summed E-state index contributed by atoms with van der Waals surface area (Å²) in [4.78, 5) is 0. The van der Waals surface area contributed by atoms with Crippen LogP contribution < -0.4 is 0 Å². The molecule has 1 fully saturated rings. The Morgan fingerprint density at radius 1 is 1.33 bits per heavy atom. The summed E-state index contributed by atoms with van der Waals surface area (Å²) in [5, 5.41) is 0. The minimum absolute atomic E-state index is 0.584. The van der Waals surface area contributed by atoms with E-state index >= 15 is 0 Å². The molecular formula is C12H20. The largest absolute Gasteiger partial charge is 0.0794 e. The summed E-state index contributed by atoms with van der Waals surface area (Å²) in [6, 6.07) is 0. The lowest BCUT2D eigenvalue weighted by Crippen LogP contribution is -2.31. The van der Waals surface area contributed by atoms with E-state index in [2.05, 4.69) is 19.9 Å². The van der Waals surface area contributed by atoms with Crippen LogP contribution in [0.15, 0.2) is 11.6 Å². The van der Waals surface area contributed by atoms with Crippen molar-refractivity contribution in [1.29, 1.82) is 0 Å². The summed E-state index contributed by atoms with van der Waals surface area (Å²) in [6.45, 7) is 4.77. The van der Waals surface area contributed by atoms with Crippen molar-refractivity contribution in [2.45, 2.75) is 52.4 Å². The van der Waals surface area contributed by atoms with Gasteiger partial charge in [0.2, 0.25) is 0 Å². The fourth-order valence-corrected chi connectivity index (χ4v) is 3.13. The monoisotopic (exact) mass is 164 g/mol. The highest BCUT2D eigenvalue weighted by atomic mass is 14.4. The molecule has 0 aromatic carbocycles. The molecule has 0 heteroatoms. The van der Waals surface area contributed by atoms with Crippen molar-refractivity contribution in [3.63, 3.8) is 0 Å². The molecule has 2 atom stereocenters. The molecular weight excluding hydrogens is 144 g/mol. The van der Waals surface area contributed by atoms with E-state index in [1.165, 1.54) is 38.5 Å². The zero-order valence-corrected chi connectivity index (χ0v) is 8.40. The maximum absolute atomic E-state index is 2.57. The lowest BCUT2D eigenvalue weighted by molar-refractivity contribution is 0.150. The Morgan fingerprint density at radius 2 is 2.17 bits per heavy atom. The second kappa shape index (κ2) is 2.90. The van der Waals surface area contributed by atoms with Crippen LogP contribution in [0.2, 0.25) is 0 Å². The van der Waals surface area contributed by atoms with Crippen molar-refractivity contribution < 1.29 is 0 Å². The molecule has 0 bridgehead atoms. The molecule has 0 radical (unpaired) electrons. The Labute approximate surface area is 76.1 Å². The van der Waals surface area contributed by atoms with Gasteiger partial charge in [0, 0.05) is 0 Å². The Bertz CT molecular complexity index is 202. The molecule has 0 saturated heterocycles. The minimum atomic E-state index is 0.584. The normalized spacial score (nSPS) is 41.8. The van der Waals surface area contributed by atoms with Crippen molar-refractivity contribution in [3.05, 3.63) is 11.6 Å². The topological polar surface area (TPSA) is 0 Å². The number of fused-ring (bicyclic) bond motifs is 1. The van der Waals surface area contributed by atoms with Gasteiger partial charge in [0.1, 0.15) is 0 Å². The van der Waals surface area contributed by atoms with Crippen molar-refractivity contribution in [2.75, 3.05) is 0 Å². The van der Waals surface area contributed by atoms with Crippen LogP contribution in [-0.2, 0) is 0 Å². The average Bonchev–Trinajstić information content (AvgIpc) is 2.02. The van der Waals surface area contributed by atoms with E-state index in [4.69, 9.17) is 0 Å². The van der Waals surface area contributed by atoms with Crippen LogP contribution in [0.3, 0.4) is 0 Å². The zero-order chi connectivity index (χ0) is 8.60. The first-order valence-electron chi connectivity index (χ1n) is 5.39. The van der Waals surface area contributed by atoms with Gasteiger partial charge >= 0.3 is 0 Å². The molecule has 0 nitrogen and oxygen atoms in total. The maximum Gasteiger partial charge on any atom is -0.0116 e. The maximum atomic E-state index is 2.57. The summed E-state index contributed by atoms with van der Waals surface area (Å²) in [7, 11) is 0. The lowest BCUT2D eigenvalue weighted by Gasteiger charge is -2.43. The van der Waals surface area contributed by atoms with Crippen LogP contribution in [0, 0.1) is 11.3 Å². The van der Waals surface area contributed by atoms with Gasteiger partial charge in [-0.3, -0.25) is 0 Å². The molecule has 0 N–H and O–H groups in total. The Balaban J connectivity index is 2.22. The molecule has 2 aliphatic carbocycles. The molecule has 68 valence electrons. The quantitative estimate of drug-likeness (QED) is 0.476. The number of hydrogen-bond acceptors (Lipinski definition) is 0. The van der Waals surface area contributed by atoms with E-state index < -0.39 is 0 Å². The average molecular weight is 164 g/mol. The fraction of sp³-hybridized carbons (Fsp3) is 0.833. The van der Waals surface area contributed by atoms with Crippen LogP contribution in [-0.4, -0.2) is 0 Å². The van der Waals surface area contributed by atoms with E-state index in [1.807, 2.05) is 0 Å². The molecule has 12 heavy (non-hydrogen) atoms. The molecule has 0 aromatic heterocycles. The third-order valence-corrected chi connectivity index (χ3v) is 3.91. The molecule has 2 aliphatic rings. The molecule has 1 saturated carbocycles. The Hall–Kier alpha value is -0.260. The molecule has 0 amide bonds. The van der Waals surface area contributed by atoms with Crippen LogP contribution in [0.1, 0.15) is 52.4 Å². The van der Waals surface area contributed by atoms with Gasteiger partial charge in [-0.25, -0.2) is 0 Å². The second-order valence-corrected chi connectivity index (χ2v) is 4.98. The van der Waals surface area contributed by atoms with E-state index in [9.17, 15) is 0 Å². The van der Waals surface area contributed by atoms with Gasteiger partial charge in [-0.1, -0.05) is 31.4 Å². The highest BCUT2D eigenvalue weighted by molar-refractivity contribution is 5.13. The second-order valence-electron chi connectivity index (χ2n) is 4.98.